The van der Waals surface area contributed by atoms with Crippen LogP contribution in [0.4, 0.5) is 16.3 Å². The largest absolute Gasteiger partial charge is 0.357 e. The number of rotatable bonds is 2. The smallest absolute Gasteiger partial charge is 0.321 e. The van der Waals surface area contributed by atoms with E-state index in [-0.39, 0.29) is 6.03 Å². The molecule has 5 heteroatoms. The fourth-order valence-corrected chi connectivity index (χ4v) is 2.92. The molecule has 2 fully saturated rings. The molecule has 0 aromatic carbocycles. The maximum atomic E-state index is 12.1. The molecule has 3 heterocycles. The number of hydrogen-bond acceptors (Lipinski definition) is 3. The van der Waals surface area contributed by atoms with E-state index in [2.05, 4.69) is 15.2 Å². The Morgan fingerprint density at radius 2 is 1.75 bits per heavy atom. The van der Waals surface area contributed by atoms with Crippen LogP contribution in [0, 0.1) is 6.92 Å². The fraction of sp³-hybridized carbons (Fsp3) is 0.600. The van der Waals surface area contributed by atoms with Crippen molar-refractivity contribution in [2.45, 2.75) is 32.6 Å². The number of aromatic nitrogens is 1. The van der Waals surface area contributed by atoms with Crippen LogP contribution in [0.3, 0.4) is 0 Å². The van der Waals surface area contributed by atoms with Crippen LogP contribution < -0.4 is 10.2 Å². The molecule has 1 aromatic heterocycles. The molecule has 20 heavy (non-hydrogen) atoms. The molecule has 0 atom stereocenters. The van der Waals surface area contributed by atoms with Gasteiger partial charge in [-0.1, -0.05) is 0 Å². The first kappa shape index (κ1) is 13.2. The Labute approximate surface area is 120 Å². The van der Waals surface area contributed by atoms with E-state index >= 15 is 0 Å². The first-order chi connectivity index (χ1) is 9.74. The normalized spacial score (nSPS) is 18.6. The van der Waals surface area contributed by atoms with Crippen LogP contribution in [0.25, 0.3) is 0 Å². The Bertz CT molecular complexity index is 491. The Hall–Kier alpha value is -1.78. The molecule has 0 unspecified atom stereocenters. The van der Waals surface area contributed by atoms with Crippen LogP contribution in [-0.4, -0.2) is 42.1 Å². The topological polar surface area (TPSA) is 48.5 Å². The monoisotopic (exact) mass is 274 g/mol. The predicted octanol–water partition coefficient (Wildman–Crippen LogP) is 2.62. The van der Waals surface area contributed by atoms with Crippen molar-refractivity contribution < 1.29 is 4.79 Å². The summed E-state index contributed by atoms with van der Waals surface area (Å²) in [6, 6.07) is 3.99. The number of carbonyl (C=O) groups excluding carboxylic acids is 1. The third-order valence-corrected chi connectivity index (χ3v) is 4.14. The third-order valence-electron chi connectivity index (χ3n) is 4.14. The van der Waals surface area contributed by atoms with E-state index in [0.717, 1.165) is 56.2 Å². The van der Waals surface area contributed by atoms with Crippen molar-refractivity contribution >= 4 is 17.5 Å². The van der Waals surface area contributed by atoms with Crippen LogP contribution in [0.5, 0.6) is 0 Å². The highest BCUT2D eigenvalue weighted by molar-refractivity contribution is 5.90. The first-order valence-corrected chi connectivity index (χ1v) is 7.52. The summed E-state index contributed by atoms with van der Waals surface area (Å²) >= 11 is 0. The van der Waals surface area contributed by atoms with Gasteiger partial charge in [0.15, 0.2) is 0 Å². The van der Waals surface area contributed by atoms with E-state index in [9.17, 15) is 4.79 Å². The zero-order valence-electron chi connectivity index (χ0n) is 12.1. The number of anilines is 2. The second-order valence-electron chi connectivity index (χ2n) is 5.62. The summed E-state index contributed by atoms with van der Waals surface area (Å²) in [5.74, 6) is 1.03. The number of pyridine rings is 1. The van der Waals surface area contributed by atoms with E-state index < -0.39 is 0 Å². The van der Waals surface area contributed by atoms with E-state index in [0.29, 0.717) is 0 Å². The molecule has 2 aliphatic heterocycles. The van der Waals surface area contributed by atoms with Crippen LogP contribution in [0.1, 0.15) is 31.4 Å². The highest BCUT2D eigenvalue weighted by atomic mass is 16.2. The van der Waals surface area contributed by atoms with Crippen LogP contribution >= 0.6 is 0 Å². The number of hydrogen-bond donors (Lipinski definition) is 1. The van der Waals surface area contributed by atoms with Gasteiger partial charge in [-0.3, -0.25) is 0 Å². The molecular formula is C15H22N4O. The van der Waals surface area contributed by atoms with Gasteiger partial charge in [0.25, 0.3) is 0 Å². The van der Waals surface area contributed by atoms with Gasteiger partial charge < -0.3 is 15.1 Å². The number of urea groups is 1. The zero-order valence-corrected chi connectivity index (χ0v) is 12.1. The lowest BCUT2D eigenvalue weighted by molar-refractivity contribution is 0.222. The van der Waals surface area contributed by atoms with Gasteiger partial charge in [0, 0.05) is 26.2 Å². The summed E-state index contributed by atoms with van der Waals surface area (Å²) in [7, 11) is 0. The summed E-state index contributed by atoms with van der Waals surface area (Å²) in [6.07, 6.45) is 4.71. The van der Waals surface area contributed by atoms with Gasteiger partial charge >= 0.3 is 6.03 Å². The Kier molecular flexibility index (Phi) is 3.76. The molecule has 3 rings (SSSR count). The van der Waals surface area contributed by atoms with Crippen molar-refractivity contribution in [1.29, 1.82) is 0 Å². The maximum Gasteiger partial charge on any atom is 0.321 e. The molecule has 0 spiro atoms. The summed E-state index contributed by atoms with van der Waals surface area (Å²) in [5.41, 5.74) is 1.71. The molecule has 5 nitrogen and oxygen atoms in total. The second-order valence-corrected chi connectivity index (χ2v) is 5.62. The first-order valence-electron chi connectivity index (χ1n) is 7.52. The molecule has 108 valence electrons. The van der Waals surface area contributed by atoms with Crippen LogP contribution in [-0.2, 0) is 0 Å². The minimum absolute atomic E-state index is 0.00122. The minimum Gasteiger partial charge on any atom is -0.357 e. The van der Waals surface area contributed by atoms with Gasteiger partial charge in [-0.2, -0.15) is 0 Å². The number of aryl methyl sites for hydroxylation is 1. The molecule has 0 bridgehead atoms. The number of likely N-dealkylation sites (tertiary alicyclic amines) is 1. The average Bonchev–Trinajstić information content (AvgIpc) is 3.14. The predicted molar refractivity (Wildman–Crippen MR) is 80.2 cm³/mol. The fourth-order valence-electron chi connectivity index (χ4n) is 2.92. The number of nitrogens with one attached hydrogen (secondary N) is 1. The molecule has 1 N–H and O–H groups in total. The van der Waals surface area contributed by atoms with Crippen LogP contribution in [0.15, 0.2) is 12.1 Å². The standard InChI is InChI=1S/C15H22N4O/c1-12-13(17-15(20)19-10-4-5-11-19)6-7-14(16-12)18-8-2-3-9-18/h6-7H,2-5,8-11H2,1H3,(H,17,20). The lowest BCUT2D eigenvalue weighted by atomic mass is 10.3. The Morgan fingerprint density at radius 1 is 1.10 bits per heavy atom. The van der Waals surface area contributed by atoms with Gasteiger partial charge in [0.05, 0.1) is 11.4 Å². The lowest BCUT2D eigenvalue weighted by Crippen LogP contribution is -2.32. The maximum absolute atomic E-state index is 12.1. The van der Waals surface area contributed by atoms with Crippen molar-refractivity contribution in [2.24, 2.45) is 0 Å². The second kappa shape index (κ2) is 5.69. The SMILES string of the molecule is Cc1nc(N2CCCC2)ccc1NC(=O)N1CCCC1. The van der Waals surface area contributed by atoms with Gasteiger partial charge in [0.1, 0.15) is 5.82 Å². The summed E-state index contributed by atoms with van der Waals surface area (Å²) in [6.45, 7) is 5.87. The van der Waals surface area contributed by atoms with Gasteiger partial charge in [-0.05, 0) is 44.7 Å². The minimum atomic E-state index is 0.00122. The van der Waals surface area contributed by atoms with E-state index in [1.807, 2.05) is 24.0 Å². The Morgan fingerprint density at radius 3 is 2.40 bits per heavy atom. The molecule has 2 aliphatic rings. The molecule has 0 radical (unpaired) electrons. The third kappa shape index (κ3) is 2.71. The Balaban J connectivity index is 1.68. The lowest BCUT2D eigenvalue weighted by Gasteiger charge is -2.20. The van der Waals surface area contributed by atoms with Crippen molar-refractivity contribution in [3.05, 3.63) is 17.8 Å². The average molecular weight is 274 g/mol. The van der Waals surface area contributed by atoms with Gasteiger partial charge in [-0.15, -0.1) is 0 Å². The highest BCUT2D eigenvalue weighted by Gasteiger charge is 2.19. The van der Waals surface area contributed by atoms with E-state index in [1.165, 1.54) is 12.8 Å². The van der Waals surface area contributed by atoms with Crippen molar-refractivity contribution in [3.63, 3.8) is 0 Å². The molecule has 0 saturated carbocycles. The van der Waals surface area contributed by atoms with Crippen molar-refractivity contribution in [1.82, 2.24) is 9.88 Å². The van der Waals surface area contributed by atoms with Gasteiger partial charge in [-0.25, -0.2) is 9.78 Å². The molecule has 1 aromatic rings. The van der Waals surface area contributed by atoms with E-state index in [4.69, 9.17) is 0 Å². The van der Waals surface area contributed by atoms with Crippen molar-refractivity contribution in [3.8, 4) is 0 Å². The number of carbonyl (C=O) groups is 1. The molecule has 0 aliphatic carbocycles. The molecule has 2 saturated heterocycles. The quantitative estimate of drug-likeness (QED) is 0.902. The highest BCUT2D eigenvalue weighted by Crippen LogP contribution is 2.22. The van der Waals surface area contributed by atoms with Crippen molar-refractivity contribution in [2.75, 3.05) is 36.4 Å². The summed E-state index contributed by atoms with van der Waals surface area (Å²) < 4.78 is 0. The van der Waals surface area contributed by atoms with Gasteiger partial charge in [0.2, 0.25) is 0 Å². The van der Waals surface area contributed by atoms with Crippen LogP contribution in [0.2, 0.25) is 0 Å². The zero-order chi connectivity index (χ0) is 13.9. The summed E-state index contributed by atoms with van der Waals surface area (Å²) in [5, 5.41) is 2.98. The summed E-state index contributed by atoms with van der Waals surface area (Å²) in [4.78, 5) is 20.9. The number of amides is 2. The molecule has 2 amide bonds. The number of nitrogens with zero attached hydrogens (tertiary/aromatic N) is 3. The molecular weight excluding hydrogens is 252 g/mol. The van der Waals surface area contributed by atoms with E-state index in [1.54, 1.807) is 0 Å².